The minimum Gasteiger partial charge on any atom is -0.493 e. The molecule has 2 rings (SSSR count). The zero-order valence-corrected chi connectivity index (χ0v) is 9.70. The first-order chi connectivity index (χ1) is 8.78. The van der Waals surface area contributed by atoms with Gasteiger partial charge in [0, 0.05) is 6.20 Å². The van der Waals surface area contributed by atoms with Gasteiger partial charge in [0.25, 0.3) is 0 Å². The fraction of sp³-hybridized carbons (Fsp3) is 0.222. The molecule has 0 spiro atoms. The van der Waals surface area contributed by atoms with Crippen LogP contribution in [0.15, 0.2) is 6.20 Å². The average molecular weight is 296 g/mol. The summed E-state index contributed by atoms with van der Waals surface area (Å²) in [6.07, 6.45) is -3.53. The van der Waals surface area contributed by atoms with E-state index in [0.717, 1.165) is 6.20 Å². The van der Waals surface area contributed by atoms with Crippen molar-refractivity contribution >= 4 is 22.5 Å². The highest BCUT2D eigenvalue weighted by molar-refractivity contribution is 6.31. The molecule has 2 aromatic rings. The maximum absolute atomic E-state index is 12.1. The molecule has 0 aliphatic carbocycles. The number of fused-ring (bicyclic) bond motifs is 1. The lowest BCUT2D eigenvalue weighted by Crippen LogP contribution is -2.19. The normalized spacial score (nSPS) is 11.8. The van der Waals surface area contributed by atoms with Gasteiger partial charge in [-0.1, -0.05) is 11.6 Å². The molecule has 0 bridgehead atoms. The van der Waals surface area contributed by atoms with E-state index in [1.54, 1.807) is 0 Å². The van der Waals surface area contributed by atoms with Gasteiger partial charge in [-0.15, -0.1) is 0 Å². The Balaban J connectivity index is 2.55. The van der Waals surface area contributed by atoms with E-state index >= 15 is 0 Å². The van der Waals surface area contributed by atoms with E-state index in [9.17, 15) is 18.3 Å². The van der Waals surface area contributed by atoms with Crippen LogP contribution in [0.1, 0.15) is 0 Å². The summed E-state index contributed by atoms with van der Waals surface area (Å²) >= 11 is 5.61. The van der Waals surface area contributed by atoms with Crippen molar-refractivity contribution in [1.82, 2.24) is 15.0 Å². The lowest BCUT2D eigenvalue weighted by Gasteiger charge is -2.11. The molecule has 0 radical (unpaired) electrons. The molecule has 0 aliphatic heterocycles. The first-order valence-corrected chi connectivity index (χ1v) is 5.09. The number of pyridine rings is 1. The second-order valence-electron chi connectivity index (χ2n) is 3.39. The summed E-state index contributed by atoms with van der Waals surface area (Å²) in [5.41, 5.74) is -0.269. The maximum Gasteiger partial charge on any atom is 0.422 e. The molecule has 0 atom stereocenters. The Morgan fingerprint density at radius 1 is 1.26 bits per heavy atom. The number of nitrogens with zero attached hydrogens (tertiary/aromatic N) is 3. The number of aromatic nitrogens is 3. The highest BCUT2D eigenvalue weighted by Gasteiger charge is 2.30. The number of alkyl halides is 3. The van der Waals surface area contributed by atoms with E-state index in [2.05, 4.69) is 19.7 Å². The molecule has 19 heavy (non-hydrogen) atoms. The van der Waals surface area contributed by atoms with Crippen LogP contribution >= 0.6 is 11.6 Å². The third-order valence-corrected chi connectivity index (χ3v) is 2.27. The minimum absolute atomic E-state index is 0.0978. The zero-order valence-electron chi connectivity index (χ0n) is 8.94. The molecule has 0 saturated carbocycles. The van der Waals surface area contributed by atoms with Crippen LogP contribution in [-0.4, -0.2) is 37.9 Å². The molecule has 6 nitrogen and oxygen atoms in total. The van der Waals surface area contributed by atoms with Gasteiger partial charge in [-0.3, -0.25) is 0 Å². The number of hydrogen-bond donors (Lipinski definition) is 2. The predicted octanol–water partition coefficient (Wildman–Crippen LogP) is 2.03. The smallest absolute Gasteiger partial charge is 0.422 e. The van der Waals surface area contributed by atoms with Crippen molar-refractivity contribution in [2.45, 2.75) is 6.18 Å². The standard InChI is InChI=1S/C9H5ClF3N3O3/c10-6-5(19-2-9(11,12)13)4-3(1-14-6)7(17)16-8(18)15-4/h1H,2H2,(H2,15,16,17,18). The topological polar surface area (TPSA) is 88.4 Å². The highest BCUT2D eigenvalue weighted by Crippen LogP contribution is 2.35. The van der Waals surface area contributed by atoms with Gasteiger partial charge in [0.1, 0.15) is 5.52 Å². The van der Waals surface area contributed by atoms with Gasteiger partial charge in [0.2, 0.25) is 5.88 Å². The van der Waals surface area contributed by atoms with Crippen molar-refractivity contribution in [2.75, 3.05) is 6.61 Å². The Hall–Kier alpha value is -2.03. The van der Waals surface area contributed by atoms with Gasteiger partial charge < -0.3 is 14.9 Å². The third-order valence-electron chi connectivity index (χ3n) is 2.00. The molecular formula is C9H5ClF3N3O3. The molecule has 0 aliphatic rings. The Morgan fingerprint density at radius 2 is 1.95 bits per heavy atom. The Bertz CT molecular complexity index is 635. The van der Waals surface area contributed by atoms with Crippen molar-refractivity contribution < 1.29 is 28.1 Å². The zero-order chi connectivity index (χ0) is 14.2. The summed E-state index contributed by atoms with van der Waals surface area (Å²) in [4.78, 5) is 10.2. The quantitative estimate of drug-likeness (QED) is 0.824. The minimum atomic E-state index is -4.58. The van der Waals surface area contributed by atoms with Gasteiger partial charge in [0.15, 0.2) is 17.5 Å². The van der Waals surface area contributed by atoms with E-state index in [0.29, 0.717) is 0 Å². The van der Waals surface area contributed by atoms with Crippen molar-refractivity contribution in [3.8, 4) is 17.6 Å². The molecule has 2 heterocycles. The van der Waals surface area contributed by atoms with Crippen LogP contribution in [-0.2, 0) is 0 Å². The molecule has 102 valence electrons. The lowest BCUT2D eigenvalue weighted by molar-refractivity contribution is -0.153. The number of hydrogen-bond acceptors (Lipinski definition) is 6. The van der Waals surface area contributed by atoms with E-state index in [-0.39, 0.29) is 16.1 Å². The molecule has 0 aromatic carbocycles. The molecule has 0 unspecified atom stereocenters. The molecule has 2 N–H and O–H groups in total. The van der Waals surface area contributed by atoms with Crippen LogP contribution in [0.3, 0.4) is 0 Å². The molecular weight excluding hydrogens is 291 g/mol. The van der Waals surface area contributed by atoms with Gasteiger partial charge in [-0.05, 0) is 0 Å². The van der Waals surface area contributed by atoms with Crippen LogP contribution in [0, 0.1) is 0 Å². The lowest BCUT2D eigenvalue weighted by atomic mass is 10.3. The summed E-state index contributed by atoms with van der Waals surface area (Å²) in [5, 5.41) is 18.1. The van der Waals surface area contributed by atoms with E-state index < -0.39 is 30.4 Å². The van der Waals surface area contributed by atoms with E-state index in [4.69, 9.17) is 16.7 Å². The Kier molecular flexibility index (Phi) is 3.23. The Labute approximate surface area is 108 Å². The SMILES string of the molecule is Oc1nc(O)c2cnc(Cl)c(OCC(F)(F)F)c2n1. The molecule has 10 heteroatoms. The largest absolute Gasteiger partial charge is 0.493 e. The number of aromatic hydroxyl groups is 2. The number of rotatable bonds is 2. The van der Waals surface area contributed by atoms with Crippen molar-refractivity contribution in [2.24, 2.45) is 0 Å². The second-order valence-corrected chi connectivity index (χ2v) is 3.75. The monoisotopic (exact) mass is 295 g/mol. The van der Waals surface area contributed by atoms with Crippen molar-refractivity contribution in [1.29, 1.82) is 0 Å². The Morgan fingerprint density at radius 3 is 2.58 bits per heavy atom. The van der Waals surface area contributed by atoms with Gasteiger partial charge in [0.05, 0.1) is 5.39 Å². The van der Waals surface area contributed by atoms with Crippen LogP contribution in [0.5, 0.6) is 17.6 Å². The predicted molar refractivity (Wildman–Crippen MR) is 57.2 cm³/mol. The van der Waals surface area contributed by atoms with Crippen LogP contribution in [0.2, 0.25) is 5.15 Å². The number of ether oxygens (including phenoxy) is 1. The molecule has 0 fully saturated rings. The second kappa shape index (κ2) is 4.57. The van der Waals surface area contributed by atoms with Gasteiger partial charge >= 0.3 is 12.2 Å². The average Bonchev–Trinajstić information content (AvgIpc) is 2.25. The summed E-state index contributed by atoms with van der Waals surface area (Å²) in [6.45, 7) is -1.61. The molecule has 0 saturated heterocycles. The van der Waals surface area contributed by atoms with Gasteiger partial charge in [-0.25, -0.2) is 4.98 Å². The fourth-order valence-electron chi connectivity index (χ4n) is 1.30. The summed E-state index contributed by atoms with van der Waals surface area (Å²) in [6, 6.07) is -0.830. The number of halogens is 4. The van der Waals surface area contributed by atoms with E-state index in [1.165, 1.54) is 0 Å². The molecule has 2 aromatic heterocycles. The fourth-order valence-corrected chi connectivity index (χ4v) is 1.49. The summed E-state index contributed by atoms with van der Waals surface area (Å²) in [5.74, 6) is -1.15. The van der Waals surface area contributed by atoms with Gasteiger partial charge in [-0.2, -0.15) is 23.1 Å². The van der Waals surface area contributed by atoms with Crippen LogP contribution < -0.4 is 4.74 Å². The third kappa shape index (κ3) is 2.87. The van der Waals surface area contributed by atoms with Crippen LogP contribution in [0.4, 0.5) is 13.2 Å². The van der Waals surface area contributed by atoms with Crippen molar-refractivity contribution in [3.05, 3.63) is 11.3 Å². The highest BCUT2D eigenvalue weighted by atomic mass is 35.5. The summed E-state index contributed by atoms with van der Waals surface area (Å²) < 4.78 is 40.8. The van der Waals surface area contributed by atoms with Crippen molar-refractivity contribution in [3.63, 3.8) is 0 Å². The molecule has 0 amide bonds. The summed E-state index contributed by atoms with van der Waals surface area (Å²) in [7, 11) is 0. The first-order valence-electron chi connectivity index (χ1n) is 4.71. The maximum atomic E-state index is 12.1. The first kappa shape index (κ1) is 13.4. The van der Waals surface area contributed by atoms with E-state index in [1.807, 2.05) is 0 Å². The van der Waals surface area contributed by atoms with Crippen LogP contribution in [0.25, 0.3) is 10.9 Å².